The van der Waals surface area contributed by atoms with E-state index in [1.54, 1.807) is 7.11 Å². The largest absolute Gasteiger partial charge is 0.497 e. The first-order valence-corrected chi connectivity index (χ1v) is 6.16. The molecule has 0 aliphatic carbocycles. The number of benzene rings is 2. The van der Waals surface area contributed by atoms with Crippen LogP contribution in [0, 0.1) is 0 Å². The summed E-state index contributed by atoms with van der Waals surface area (Å²) in [5, 5.41) is 11.6. The average Bonchev–Trinajstić information content (AvgIpc) is 2.94. The second-order valence-electron chi connectivity index (χ2n) is 4.34. The van der Waals surface area contributed by atoms with E-state index in [9.17, 15) is 0 Å². The SMILES string of the molecule is COc1ccc(CNc2cccc3cn[nH]c23)cc1. The van der Waals surface area contributed by atoms with Crippen LogP contribution in [0.3, 0.4) is 0 Å². The number of anilines is 1. The highest BCUT2D eigenvalue weighted by Gasteiger charge is 2.02. The fourth-order valence-corrected chi connectivity index (χ4v) is 2.06. The van der Waals surface area contributed by atoms with Gasteiger partial charge < -0.3 is 10.1 Å². The highest BCUT2D eigenvalue weighted by Crippen LogP contribution is 2.21. The summed E-state index contributed by atoms with van der Waals surface area (Å²) < 4.78 is 5.15. The molecular formula is C15H15N3O. The van der Waals surface area contributed by atoms with Gasteiger partial charge in [-0.15, -0.1) is 0 Å². The van der Waals surface area contributed by atoms with Crippen LogP contribution in [0.1, 0.15) is 5.56 Å². The molecule has 3 rings (SSSR count). The van der Waals surface area contributed by atoms with E-state index >= 15 is 0 Å². The smallest absolute Gasteiger partial charge is 0.118 e. The highest BCUT2D eigenvalue weighted by atomic mass is 16.5. The van der Waals surface area contributed by atoms with E-state index in [0.717, 1.165) is 28.9 Å². The second-order valence-corrected chi connectivity index (χ2v) is 4.34. The number of para-hydroxylation sites is 1. The molecule has 0 radical (unpaired) electrons. The number of ether oxygens (including phenoxy) is 1. The first-order valence-electron chi connectivity index (χ1n) is 6.16. The van der Waals surface area contributed by atoms with Crippen molar-refractivity contribution in [2.24, 2.45) is 0 Å². The summed E-state index contributed by atoms with van der Waals surface area (Å²) in [5.41, 5.74) is 3.30. The number of nitrogens with zero attached hydrogens (tertiary/aromatic N) is 1. The first kappa shape index (κ1) is 11.6. The fraction of sp³-hybridized carbons (Fsp3) is 0.133. The molecule has 0 spiro atoms. The number of hydrogen-bond acceptors (Lipinski definition) is 3. The molecule has 0 aliphatic rings. The third-order valence-electron chi connectivity index (χ3n) is 3.12. The number of fused-ring (bicyclic) bond motifs is 1. The maximum absolute atomic E-state index is 5.15. The monoisotopic (exact) mass is 253 g/mol. The minimum Gasteiger partial charge on any atom is -0.497 e. The number of aromatic nitrogens is 2. The number of rotatable bonds is 4. The lowest BCUT2D eigenvalue weighted by Crippen LogP contribution is -1.99. The van der Waals surface area contributed by atoms with Gasteiger partial charge in [0.25, 0.3) is 0 Å². The van der Waals surface area contributed by atoms with Gasteiger partial charge in [0.05, 0.1) is 24.5 Å². The molecule has 19 heavy (non-hydrogen) atoms. The van der Waals surface area contributed by atoms with Gasteiger partial charge in [-0.25, -0.2) is 0 Å². The van der Waals surface area contributed by atoms with E-state index in [0.29, 0.717) is 0 Å². The molecule has 1 aromatic heterocycles. The molecule has 4 heteroatoms. The Morgan fingerprint density at radius 1 is 1.16 bits per heavy atom. The number of aromatic amines is 1. The van der Waals surface area contributed by atoms with Crippen LogP contribution in [0.15, 0.2) is 48.7 Å². The van der Waals surface area contributed by atoms with Crippen LogP contribution < -0.4 is 10.1 Å². The highest BCUT2D eigenvalue weighted by molar-refractivity contribution is 5.89. The summed E-state index contributed by atoms with van der Waals surface area (Å²) in [6, 6.07) is 14.1. The van der Waals surface area contributed by atoms with Crippen molar-refractivity contribution < 1.29 is 4.74 Å². The predicted molar refractivity (Wildman–Crippen MR) is 76.4 cm³/mol. The summed E-state index contributed by atoms with van der Waals surface area (Å²) >= 11 is 0. The molecule has 2 aromatic carbocycles. The van der Waals surface area contributed by atoms with Crippen molar-refractivity contribution in [1.29, 1.82) is 0 Å². The van der Waals surface area contributed by atoms with Crippen LogP contribution in [0.5, 0.6) is 5.75 Å². The van der Waals surface area contributed by atoms with E-state index in [1.807, 2.05) is 36.5 Å². The zero-order valence-corrected chi connectivity index (χ0v) is 10.7. The maximum atomic E-state index is 5.15. The van der Waals surface area contributed by atoms with E-state index in [4.69, 9.17) is 4.74 Å². The molecular weight excluding hydrogens is 238 g/mol. The maximum Gasteiger partial charge on any atom is 0.118 e. The molecule has 0 unspecified atom stereocenters. The topological polar surface area (TPSA) is 49.9 Å². The Bertz CT molecular complexity index is 673. The normalized spacial score (nSPS) is 10.6. The molecule has 0 atom stereocenters. The van der Waals surface area contributed by atoms with Crippen LogP contribution in [0.25, 0.3) is 10.9 Å². The summed E-state index contributed by atoms with van der Waals surface area (Å²) in [6.07, 6.45) is 1.83. The summed E-state index contributed by atoms with van der Waals surface area (Å²) in [4.78, 5) is 0. The standard InChI is InChI=1S/C15H15N3O/c1-19-13-7-5-11(6-8-13)9-16-14-4-2-3-12-10-17-18-15(12)14/h2-8,10,16H,9H2,1H3,(H,17,18). The predicted octanol–water partition coefficient (Wildman–Crippen LogP) is 3.18. The molecule has 0 saturated carbocycles. The Morgan fingerprint density at radius 2 is 2.00 bits per heavy atom. The Morgan fingerprint density at radius 3 is 2.79 bits per heavy atom. The number of nitrogens with one attached hydrogen (secondary N) is 2. The molecule has 0 saturated heterocycles. The Labute approximate surface area is 111 Å². The first-order chi connectivity index (χ1) is 9.36. The van der Waals surface area contributed by atoms with Crippen LogP contribution in [-0.2, 0) is 6.54 Å². The summed E-state index contributed by atoms with van der Waals surface area (Å²) in [6.45, 7) is 0.766. The molecule has 0 amide bonds. The quantitative estimate of drug-likeness (QED) is 0.750. The van der Waals surface area contributed by atoms with Gasteiger partial charge in [0.15, 0.2) is 0 Å². The van der Waals surface area contributed by atoms with Crippen molar-refractivity contribution in [3.63, 3.8) is 0 Å². The lowest BCUT2D eigenvalue weighted by Gasteiger charge is -2.08. The zero-order valence-electron chi connectivity index (χ0n) is 10.7. The van der Waals surface area contributed by atoms with Crippen molar-refractivity contribution in [3.05, 3.63) is 54.2 Å². The number of H-pyrrole nitrogens is 1. The average molecular weight is 253 g/mol. The van der Waals surface area contributed by atoms with Gasteiger partial charge in [0.2, 0.25) is 0 Å². The van der Waals surface area contributed by atoms with Crippen molar-refractivity contribution >= 4 is 16.6 Å². The molecule has 1 heterocycles. The molecule has 0 bridgehead atoms. The number of hydrogen-bond donors (Lipinski definition) is 2. The summed E-state index contributed by atoms with van der Waals surface area (Å²) in [7, 11) is 1.67. The van der Waals surface area contributed by atoms with Gasteiger partial charge in [-0.05, 0) is 23.8 Å². The molecule has 0 fully saturated rings. The minimum atomic E-state index is 0.766. The fourth-order valence-electron chi connectivity index (χ4n) is 2.06. The van der Waals surface area contributed by atoms with Gasteiger partial charge in [-0.1, -0.05) is 24.3 Å². The zero-order chi connectivity index (χ0) is 13.1. The van der Waals surface area contributed by atoms with Gasteiger partial charge >= 0.3 is 0 Å². The van der Waals surface area contributed by atoms with Crippen molar-refractivity contribution in [2.75, 3.05) is 12.4 Å². The summed E-state index contributed by atoms with van der Waals surface area (Å²) in [5.74, 6) is 0.874. The third kappa shape index (κ3) is 2.38. The second kappa shape index (κ2) is 5.02. The van der Waals surface area contributed by atoms with E-state index < -0.39 is 0 Å². The van der Waals surface area contributed by atoms with Gasteiger partial charge in [-0.3, -0.25) is 5.10 Å². The molecule has 3 aromatic rings. The van der Waals surface area contributed by atoms with E-state index in [1.165, 1.54) is 5.56 Å². The Hall–Kier alpha value is -2.49. The molecule has 96 valence electrons. The lowest BCUT2D eigenvalue weighted by atomic mass is 10.2. The van der Waals surface area contributed by atoms with Gasteiger partial charge in [0.1, 0.15) is 5.75 Å². The van der Waals surface area contributed by atoms with Crippen LogP contribution in [0.2, 0.25) is 0 Å². The van der Waals surface area contributed by atoms with E-state index in [-0.39, 0.29) is 0 Å². The Kier molecular flexibility index (Phi) is 3.06. The molecule has 0 aliphatic heterocycles. The van der Waals surface area contributed by atoms with Crippen LogP contribution in [-0.4, -0.2) is 17.3 Å². The van der Waals surface area contributed by atoms with Crippen molar-refractivity contribution in [2.45, 2.75) is 6.54 Å². The number of methoxy groups -OCH3 is 1. The van der Waals surface area contributed by atoms with E-state index in [2.05, 4.69) is 27.6 Å². The van der Waals surface area contributed by atoms with Crippen LogP contribution in [0.4, 0.5) is 5.69 Å². The van der Waals surface area contributed by atoms with Crippen LogP contribution >= 0.6 is 0 Å². The van der Waals surface area contributed by atoms with Gasteiger partial charge in [0, 0.05) is 11.9 Å². The molecule has 4 nitrogen and oxygen atoms in total. The molecule has 2 N–H and O–H groups in total. The van der Waals surface area contributed by atoms with Crippen molar-refractivity contribution in [1.82, 2.24) is 10.2 Å². The lowest BCUT2D eigenvalue weighted by molar-refractivity contribution is 0.414. The third-order valence-corrected chi connectivity index (χ3v) is 3.12. The van der Waals surface area contributed by atoms with Gasteiger partial charge in [-0.2, -0.15) is 5.10 Å². The minimum absolute atomic E-state index is 0.766. The van der Waals surface area contributed by atoms with Crippen molar-refractivity contribution in [3.8, 4) is 5.75 Å². The Balaban J connectivity index is 1.76.